The molecule has 0 aliphatic carbocycles. The molecule has 0 fully saturated rings. The molecule has 2 aromatic rings. The molecule has 1 amide bonds. The number of likely N-dealkylation sites (N-methyl/N-ethyl adjacent to an activating group) is 1. The van der Waals surface area contributed by atoms with Gasteiger partial charge in [-0.05, 0) is 58.9 Å². The van der Waals surface area contributed by atoms with Gasteiger partial charge in [-0.3, -0.25) is 4.79 Å². The third-order valence-corrected chi connectivity index (χ3v) is 8.06. The minimum atomic E-state index is -3.77. The van der Waals surface area contributed by atoms with Gasteiger partial charge in [0.05, 0.1) is 15.8 Å². The van der Waals surface area contributed by atoms with E-state index in [2.05, 4.69) is 41.9 Å². The maximum Gasteiger partial charge on any atom is 0.261 e. The van der Waals surface area contributed by atoms with Crippen molar-refractivity contribution in [1.29, 1.82) is 5.26 Å². The van der Waals surface area contributed by atoms with Crippen LogP contribution in [0.25, 0.3) is 0 Å². The highest BCUT2D eigenvalue weighted by atomic mass is 79.9. The first kappa shape index (κ1) is 23.8. The van der Waals surface area contributed by atoms with Crippen molar-refractivity contribution in [2.24, 2.45) is 0 Å². The first-order valence-electron chi connectivity index (χ1n) is 8.55. The quantitative estimate of drug-likeness (QED) is 0.359. The number of sulfonamides is 1. The Labute approximate surface area is 191 Å². The summed E-state index contributed by atoms with van der Waals surface area (Å²) in [6, 6.07) is 7.57. The predicted octanol–water partition coefficient (Wildman–Crippen LogP) is 3.54. The normalized spacial score (nSPS) is 13.3. The van der Waals surface area contributed by atoms with Crippen LogP contribution in [0.1, 0.15) is 23.0 Å². The van der Waals surface area contributed by atoms with Crippen LogP contribution < -0.4 is 10.0 Å². The van der Waals surface area contributed by atoms with Crippen molar-refractivity contribution in [3.8, 4) is 6.19 Å². The maximum absolute atomic E-state index is 12.7. The zero-order valence-corrected chi connectivity index (χ0v) is 20.5. The van der Waals surface area contributed by atoms with Gasteiger partial charge in [0.1, 0.15) is 0 Å². The Balaban J connectivity index is 2.05. The van der Waals surface area contributed by atoms with Crippen LogP contribution in [0.5, 0.6) is 0 Å². The molecule has 2 N–H and O–H groups in total. The van der Waals surface area contributed by atoms with Crippen molar-refractivity contribution < 1.29 is 13.2 Å². The molecule has 0 bridgehead atoms. The van der Waals surface area contributed by atoms with E-state index in [-0.39, 0.29) is 23.4 Å². The number of hydrogen-bond donors (Lipinski definition) is 2. The number of thiophene rings is 1. The lowest BCUT2D eigenvalue weighted by Gasteiger charge is -2.26. The number of carbonyl (C=O) groups is 1. The van der Waals surface area contributed by atoms with Crippen LogP contribution in [0.4, 0.5) is 0 Å². The van der Waals surface area contributed by atoms with Crippen LogP contribution in [-0.4, -0.2) is 44.9 Å². The highest BCUT2D eigenvalue weighted by Crippen LogP contribution is 2.26. The summed E-state index contributed by atoms with van der Waals surface area (Å²) in [5.74, 6) is -0.220. The summed E-state index contributed by atoms with van der Waals surface area (Å²) in [5, 5.41) is 13.9. The Kier molecular flexibility index (Phi) is 8.66. The van der Waals surface area contributed by atoms with Gasteiger partial charge in [-0.2, -0.15) is 5.26 Å². The smallest absolute Gasteiger partial charge is 0.261 e. The van der Waals surface area contributed by atoms with Crippen molar-refractivity contribution in [3.05, 3.63) is 49.5 Å². The third-order valence-electron chi connectivity index (χ3n) is 4.11. The molecular formula is C18H20Br2N4O3S2. The molecule has 0 saturated heterocycles. The number of nitriles is 1. The number of amides is 1. The molecular weight excluding hydrogens is 544 g/mol. The number of rotatable bonds is 9. The van der Waals surface area contributed by atoms with Crippen molar-refractivity contribution >= 4 is 59.1 Å². The molecule has 0 radical (unpaired) electrons. The summed E-state index contributed by atoms with van der Waals surface area (Å²) in [5.41, 5.74) is 0. The van der Waals surface area contributed by atoms with Crippen LogP contribution in [0.3, 0.4) is 0 Å². The van der Waals surface area contributed by atoms with Gasteiger partial charge >= 0.3 is 0 Å². The molecule has 1 heterocycles. The lowest BCUT2D eigenvalue weighted by Crippen LogP contribution is -2.44. The highest BCUT2D eigenvalue weighted by molar-refractivity contribution is 9.11. The minimum Gasteiger partial charge on any atom is -0.349 e. The van der Waals surface area contributed by atoms with E-state index in [1.165, 1.54) is 22.3 Å². The topological polar surface area (TPSA) is 102 Å². The average Bonchev–Trinajstić information content (AvgIpc) is 3.20. The first-order chi connectivity index (χ1) is 13.6. The second-order valence-electron chi connectivity index (χ2n) is 6.38. The van der Waals surface area contributed by atoms with E-state index in [1.807, 2.05) is 11.6 Å². The molecule has 29 heavy (non-hydrogen) atoms. The molecule has 0 aliphatic heterocycles. The van der Waals surface area contributed by atoms with E-state index < -0.39 is 16.1 Å². The molecule has 0 saturated carbocycles. The van der Waals surface area contributed by atoms with Gasteiger partial charge < -0.3 is 10.2 Å². The predicted molar refractivity (Wildman–Crippen MR) is 120 cm³/mol. The van der Waals surface area contributed by atoms with E-state index in [0.717, 1.165) is 0 Å². The fourth-order valence-electron chi connectivity index (χ4n) is 2.63. The van der Waals surface area contributed by atoms with Gasteiger partial charge in [-0.25, -0.2) is 13.1 Å². The monoisotopic (exact) mass is 562 g/mol. The Bertz CT molecular complexity index is 991. The van der Waals surface area contributed by atoms with Gasteiger partial charge in [-0.1, -0.05) is 22.0 Å². The number of nitrogens with one attached hydrogen (secondary N) is 2. The standard InChI is InChI=1S/C18H20Br2N4O3S2/c1-12(23-29(26,27)17-9-13(19)5-6-15(17)20)8-14(24(2)11-21)10-22-18(25)16-4-3-7-28-16/h3-7,9,12,14,23H,8,10H2,1-2H3,(H,22,25)/t12-,14+/m0/s1. The van der Waals surface area contributed by atoms with Crippen molar-refractivity contribution in [2.75, 3.05) is 13.6 Å². The number of hydrogen-bond acceptors (Lipinski definition) is 6. The summed E-state index contributed by atoms with van der Waals surface area (Å²) in [7, 11) is -2.17. The second kappa shape index (κ2) is 10.5. The molecule has 2 atom stereocenters. The fraction of sp³-hybridized carbons (Fsp3) is 0.333. The first-order valence-corrected chi connectivity index (χ1v) is 12.5. The molecule has 11 heteroatoms. The summed E-state index contributed by atoms with van der Waals surface area (Å²) >= 11 is 7.87. The Morgan fingerprint density at radius 3 is 2.69 bits per heavy atom. The van der Waals surface area contributed by atoms with E-state index in [0.29, 0.717) is 20.2 Å². The Morgan fingerprint density at radius 1 is 1.34 bits per heavy atom. The summed E-state index contributed by atoms with van der Waals surface area (Å²) in [6.07, 6.45) is 2.37. The minimum absolute atomic E-state index is 0.120. The zero-order chi connectivity index (χ0) is 21.6. The number of halogens is 2. The lowest BCUT2D eigenvalue weighted by molar-refractivity contribution is 0.0946. The molecule has 0 aliphatic rings. The molecule has 0 unspecified atom stereocenters. The Morgan fingerprint density at radius 2 is 2.07 bits per heavy atom. The summed E-state index contributed by atoms with van der Waals surface area (Å²) in [6.45, 7) is 1.94. The van der Waals surface area contributed by atoms with Gasteiger partial charge in [0, 0.05) is 28.6 Å². The molecule has 0 spiro atoms. The number of carbonyl (C=O) groups excluding carboxylic acids is 1. The van der Waals surface area contributed by atoms with Gasteiger partial charge in [0.15, 0.2) is 6.19 Å². The van der Waals surface area contributed by atoms with E-state index >= 15 is 0 Å². The zero-order valence-electron chi connectivity index (χ0n) is 15.7. The molecule has 1 aromatic carbocycles. The van der Waals surface area contributed by atoms with Crippen molar-refractivity contribution in [1.82, 2.24) is 14.9 Å². The van der Waals surface area contributed by atoms with Crippen molar-refractivity contribution in [3.63, 3.8) is 0 Å². The summed E-state index contributed by atoms with van der Waals surface area (Å²) in [4.78, 5) is 14.3. The van der Waals surface area contributed by atoms with Crippen LogP contribution in [0, 0.1) is 11.5 Å². The van der Waals surface area contributed by atoms with Crippen LogP contribution in [-0.2, 0) is 10.0 Å². The van der Waals surface area contributed by atoms with Gasteiger partial charge in [-0.15, -0.1) is 11.3 Å². The van der Waals surface area contributed by atoms with Crippen molar-refractivity contribution in [2.45, 2.75) is 30.3 Å². The Hall–Kier alpha value is -1.45. The van der Waals surface area contributed by atoms with E-state index in [1.54, 1.807) is 38.2 Å². The molecule has 156 valence electrons. The maximum atomic E-state index is 12.7. The van der Waals surface area contributed by atoms with E-state index in [9.17, 15) is 18.5 Å². The number of nitrogens with zero attached hydrogens (tertiary/aromatic N) is 2. The molecule has 7 nitrogen and oxygen atoms in total. The number of benzene rings is 1. The summed E-state index contributed by atoms with van der Waals surface area (Å²) < 4.78 is 29.2. The SMILES string of the molecule is C[C@@H](C[C@H](CNC(=O)c1cccs1)N(C)C#N)NS(=O)(=O)c1cc(Br)ccc1Br. The van der Waals surface area contributed by atoms with Crippen LogP contribution >= 0.6 is 43.2 Å². The van der Waals surface area contributed by atoms with E-state index in [4.69, 9.17) is 0 Å². The highest BCUT2D eigenvalue weighted by Gasteiger charge is 2.24. The fourth-order valence-corrected chi connectivity index (χ4v) is 6.03. The average molecular weight is 564 g/mol. The molecule has 2 rings (SSSR count). The largest absolute Gasteiger partial charge is 0.349 e. The van der Waals surface area contributed by atoms with Crippen LogP contribution in [0.2, 0.25) is 0 Å². The third kappa shape index (κ3) is 6.79. The lowest BCUT2D eigenvalue weighted by atomic mass is 10.1. The molecule has 1 aromatic heterocycles. The van der Waals surface area contributed by atoms with Crippen LogP contribution in [0.15, 0.2) is 49.6 Å². The van der Waals surface area contributed by atoms with Gasteiger partial charge in [0.2, 0.25) is 10.0 Å². The van der Waals surface area contributed by atoms with Gasteiger partial charge in [0.25, 0.3) is 5.91 Å². The second-order valence-corrected chi connectivity index (χ2v) is 10.8.